The van der Waals surface area contributed by atoms with Gasteiger partial charge in [-0.1, -0.05) is 52.9 Å². The zero-order chi connectivity index (χ0) is 10.9. The molecule has 1 N–H and O–H groups in total. The van der Waals surface area contributed by atoms with Crippen LogP contribution in [-0.2, 0) is 0 Å². The Bertz CT molecular complexity index is 123. The molecular weight excluding hydrogens is 188 g/mol. The van der Waals surface area contributed by atoms with E-state index in [1.165, 1.54) is 44.9 Å². The van der Waals surface area contributed by atoms with Crippen LogP contribution in [0.5, 0.6) is 0 Å². The van der Waals surface area contributed by atoms with Gasteiger partial charge in [0.15, 0.2) is 0 Å². The van der Waals surface area contributed by atoms with Crippen LogP contribution in [0.3, 0.4) is 0 Å². The predicted octanol–water partition coefficient (Wildman–Crippen LogP) is 3.79. The van der Waals surface area contributed by atoms with Crippen LogP contribution in [0.25, 0.3) is 0 Å². The van der Waals surface area contributed by atoms with E-state index in [0.29, 0.717) is 5.41 Å². The molecule has 0 amide bonds. The topological polar surface area (TPSA) is 20.2 Å². The van der Waals surface area contributed by atoms with Gasteiger partial charge in [0.25, 0.3) is 0 Å². The maximum absolute atomic E-state index is 8.65. The zero-order valence-electron chi connectivity index (χ0n) is 10.1. The zero-order valence-corrected chi connectivity index (χ0v) is 11.1. The molecule has 0 aromatic heterocycles. The number of unbranched alkanes of at least 4 members (excludes halogenated alkanes) is 3. The molecule has 14 heavy (non-hydrogen) atoms. The molecule has 0 aliphatic rings. The highest BCUT2D eigenvalue weighted by molar-refractivity contribution is 6.25. The Morgan fingerprint density at radius 3 is 2.21 bits per heavy atom. The molecule has 0 heterocycles. The Morgan fingerprint density at radius 2 is 1.64 bits per heavy atom. The van der Waals surface area contributed by atoms with Crippen LogP contribution in [0.4, 0.5) is 0 Å². The molecule has 84 valence electrons. The Labute approximate surface area is 92.2 Å². The van der Waals surface area contributed by atoms with Crippen molar-refractivity contribution < 1.29 is 4.80 Å². The molecule has 1 nitrogen and oxygen atoms in total. The minimum atomic E-state index is 0.159. The van der Waals surface area contributed by atoms with Gasteiger partial charge in [-0.3, -0.25) is 0 Å². The molecule has 0 unspecified atom stereocenters. The molecule has 0 atom stereocenters. The maximum atomic E-state index is 8.65. The van der Waals surface area contributed by atoms with Gasteiger partial charge in [-0.2, -0.15) is 0 Å². The summed E-state index contributed by atoms with van der Waals surface area (Å²) in [5, 5.41) is 0. The molecule has 0 aliphatic heterocycles. The largest absolute Gasteiger partial charge is 0.432 e. The first-order chi connectivity index (χ1) is 6.62. The molecule has 2 heteroatoms. The quantitative estimate of drug-likeness (QED) is 0.457. The lowest BCUT2D eigenvalue weighted by Gasteiger charge is -2.23. The van der Waals surface area contributed by atoms with Crippen LogP contribution in [-0.4, -0.2) is 14.6 Å². The summed E-state index contributed by atoms with van der Waals surface area (Å²) in [5.41, 5.74) is 0.549. The second-order valence-electron chi connectivity index (χ2n) is 4.99. The van der Waals surface area contributed by atoms with Gasteiger partial charge in [-0.15, -0.1) is 0 Å². The van der Waals surface area contributed by atoms with E-state index in [0.717, 1.165) is 6.04 Å². The van der Waals surface area contributed by atoms with Crippen molar-refractivity contribution in [1.29, 1.82) is 0 Å². The lowest BCUT2D eigenvalue weighted by molar-refractivity contribution is 0.291. The lowest BCUT2D eigenvalue weighted by Crippen LogP contribution is -2.10. The highest BCUT2D eigenvalue weighted by Gasteiger charge is 2.15. The SMILES string of the molecule is CCCC(C)(C)CCCCCC[Si]O. The average Bonchev–Trinajstić information content (AvgIpc) is 2.11. The number of rotatable bonds is 9. The van der Waals surface area contributed by atoms with Gasteiger partial charge >= 0.3 is 0 Å². The normalized spacial score (nSPS) is 12.0. The third-order valence-corrected chi connectivity index (χ3v) is 3.40. The van der Waals surface area contributed by atoms with Gasteiger partial charge in [0, 0.05) is 0 Å². The maximum Gasteiger partial charge on any atom is 0.224 e. The van der Waals surface area contributed by atoms with Crippen molar-refractivity contribution in [2.45, 2.75) is 71.8 Å². The summed E-state index contributed by atoms with van der Waals surface area (Å²) >= 11 is 0. The van der Waals surface area contributed by atoms with Gasteiger partial charge < -0.3 is 4.80 Å². The van der Waals surface area contributed by atoms with Crippen molar-refractivity contribution in [3.05, 3.63) is 0 Å². The summed E-state index contributed by atoms with van der Waals surface area (Å²) in [5.74, 6) is 0. The van der Waals surface area contributed by atoms with Gasteiger partial charge in [0.1, 0.15) is 0 Å². The van der Waals surface area contributed by atoms with Gasteiger partial charge in [-0.25, -0.2) is 0 Å². The van der Waals surface area contributed by atoms with Crippen LogP contribution >= 0.6 is 0 Å². The Balaban J connectivity index is 3.26. The Hall–Kier alpha value is 0.177. The van der Waals surface area contributed by atoms with Crippen LogP contribution in [0.15, 0.2) is 0 Å². The summed E-state index contributed by atoms with van der Waals surface area (Å²) in [4.78, 5) is 8.65. The monoisotopic (exact) mass is 214 g/mol. The van der Waals surface area contributed by atoms with E-state index >= 15 is 0 Å². The number of hydrogen-bond acceptors (Lipinski definition) is 1. The van der Waals surface area contributed by atoms with E-state index in [2.05, 4.69) is 20.8 Å². The van der Waals surface area contributed by atoms with Crippen LogP contribution in [0.1, 0.15) is 65.7 Å². The fourth-order valence-corrected chi connectivity index (χ4v) is 2.37. The molecular formula is C12H26OSi. The molecule has 0 saturated heterocycles. The molecule has 0 aromatic rings. The van der Waals surface area contributed by atoms with Crippen molar-refractivity contribution in [3.63, 3.8) is 0 Å². The molecule has 0 saturated carbocycles. The molecule has 0 aliphatic carbocycles. The fourth-order valence-electron chi connectivity index (χ4n) is 1.96. The fraction of sp³-hybridized carbons (Fsp3) is 1.00. The third kappa shape index (κ3) is 8.76. The van der Waals surface area contributed by atoms with E-state index in [1.54, 1.807) is 0 Å². The Kier molecular flexibility index (Phi) is 8.59. The standard InChI is InChI=1S/C12H26OSi/c1-4-9-12(2,3)10-7-5-6-8-11-14-13/h13H,4-11H2,1-3H3. The van der Waals surface area contributed by atoms with Gasteiger partial charge in [0.05, 0.1) is 0 Å². The second-order valence-corrected chi connectivity index (χ2v) is 5.80. The van der Waals surface area contributed by atoms with Crippen molar-refractivity contribution in [1.82, 2.24) is 0 Å². The van der Waals surface area contributed by atoms with E-state index in [9.17, 15) is 0 Å². The molecule has 2 radical (unpaired) electrons. The van der Waals surface area contributed by atoms with Gasteiger partial charge in [0.2, 0.25) is 9.76 Å². The van der Waals surface area contributed by atoms with Crippen LogP contribution < -0.4 is 0 Å². The van der Waals surface area contributed by atoms with E-state index in [1.807, 2.05) is 0 Å². The highest BCUT2D eigenvalue weighted by Crippen LogP contribution is 2.29. The average molecular weight is 214 g/mol. The molecule has 0 aromatic carbocycles. The molecule has 0 bridgehead atoms. The summed E-state index contributed by atoms with van der Waals surface area (Å²) in [6.07, 6.45) is 9.24. The third-order valence-electron chi connectivity index (χ3n) is 2.82. The summed E-state index contributed by atoms with van der Waals surface area (Å²) < 4.78 is 0. The predicted molar refractivity (Wildman–Crippen MR) is 64.6 cm³/mol. The summed E-state index contributed by atoms with van der Waals surface area (Å²) in [7, 11) is 0.159. The lowest BCUT2D eigenvalue weighted by atomic mass is 9.83. The Morgan fingerprint density at radius 1 is 1.00 bits per heavy atom. The smallest absolute Gasteiger partial charge is 0.224 e. The minimum Gasteiger partial charge on any atom is -0.432 e. The first-order valence-corrected chi connectivity index (χ1v) is 7.15. The van der Waals surface area contributed by atoms with Crippen molar-refractivity contribution in [2.24, 2.45) is 5.41 Å². The summed E-state index contributed by atoms with van der Waals surface area (Å²) in [6, 6.07) is 1.01. The highest BCUT2D eigenvalue weighted by atomic mass is 28.2. The first-order valence-electron chi connectivity index (χ1n) is 5.99. The van der Waals surface area contributed by atoms with Gasteiger partial charge in [-0.05, 0) is 24.3 Å². The summed E-state index contributed by atoms with van der Waals surface area (Å²) in [6.45, 7) is 7.03. The van der Waals surface area contributed by atoms with Crippen molar-refractivity contribution in [2.75, 3.05) is 0 Å². The van der Waals surface area contributed by atoms with Crippen LogP contribution in [0.2, 0.25) is 6.04 Å². The van der Waals surface area contributed by atoms with Crippen LogP contribution in [0, 0.1) is 5.41 Å². The number of hydrogen-bond donors (Lipinski definition) is 1. The van der Waals surface area contributed by atoms with Crippen molar-refractivity contribution in [3.8, 4) is 0 Å². The molecule has 0 fully saturated rings. The van der Waals surface area contributed by atoms with E-state index in [4.69, 9.17) is 4.80 Å². The van der Waals surface area contributed by atoms with E-state index in [-0.39, 0.29) is 9.76 Å². The second kappa shape index (κ2) is 8.48. The first kappa shape index (κ1) is 14.2. The van der Waals surface area contributed by atoms with E-state index < -0.39 is 0 Å². The van der Waals surface area contributed by atoms with Crippen molar-refractivity contribution >= 4 is 9.76 Å². The minimum absolute atomic E-state index is 0.159. The molecule has 0 rings (SSSR count). The molecule has 0 spiro atoms.